The number of aliphatic hydroxyl groups is 1. The van der Waals surface area contributed by atoms with Crippen molar-refractivity contribution in [2.45, 2.75) is 69.6 Å². The number of piperidine rings is 1. The Kier molecular flexibility index (Phi) is 13.6. The van der Waals surface area contributed by atoms with Gasteiger partial charge in [0.2, 0.25) is 17.7 Å². The third-order valence-electron chi connectivity index (χ3n) is 8.95. The van der Waals surface area contributed by atoms with Gasteiger partial charge in [-0.2, -0.15) is 0 Å². The molecule has 46 heavy (non-hydrogen) atoms. The molecule has 0 radical (unpaired) electrons. The topological polar surface area (TPSA) is 137 Å². The summed E-state index contributed by atoms with van der Waals surface area (Å²) in [6.45, 7) is 2.02. The van der Waals surface area contributed by atoms with E-state index in [1.807, 2.05) is 48.5 Å². The number of benzene rings is 3. The first-order valence-corrected chi connectivity index (χ1v) is 16.7. The minimum Gasteiger partial charge on any atom is -0.391 e. The quantitative estimate of drug-likeness (QED) is 0.155. The van der Waals surface area contributed by atoms with Crippen molar-refractivity contribution in [3.8, 4) is 0 Å². The fourth-order valence-corrected chi connectivity index (χ4v) is 6.27. The summed E-state index contributed by atoms with van der Waals surface area (Å²) in [6.07, 6.45) is 3.58. The Bertz CT molecular complexity index is 1410. The van der Waals surface area contributed by atoms with Crippen LogP contribution in [0.1, 0.15) is 49.7 Å². The third-order valence-corrected chi connectivity index (χ3v) is 8.95. The number of hydrogen-bond acceptors (Lipinski definition) is 6. The molecular weight excluding hydrogens is 578 g/mol. The SMILES string of the molecule is CN(C)C(=O)C(CCCCN)NC(=O)C(Cc1ccccc1)CC(O)C(Cc1ccc2ccccc2c1)NC(=O)C1CCCNC1. The number of rotatable bonds is 16. The number of aliphatic hydroxyl groups excluding tert-OH is 1. The maximum absolute atomic E-state index is 13.9. The van der Waals surface area contributed by atoms with Gasteiger partial charge in [-0.3, -0.25) is 14.4 Å². The Hall–Kier alpha value is -3.79. The highest BCUT2D eigenvalue weighted by atomic mass is 16.3. The number of nitrogens with one attached hydrogen (secondary N) is 3. The number of carbonyl (C=O) groups is 3. The van der Waals surface area contributed by atoms with Gasteiger partial charge in [0, 0.05) is 26.6 Å². The summed E-state index contributed by atoms with van der Waals surface area (Å²) in [5.74, 6) is -1.35. The van der Waals surface area contributed by atoms with Crippen LogP contribution in [0.25, 0.3) is 10.8 Å². The third kappa shape index (κ3) is 10.4. The van der Waals surface area contributed by atoms with Gasteiger partial charge < -0.3 is 31.7 Å². The molecule has 5 atom stereocenters. The van der Waals surface area contributed by atoms with Crippen molar-refractivity contribution in [2.24, 2.45) is 17.6 Å². The van der Waals surface area contributed by atoms with Gasteiger partial charge in [0.1, 0.15) is 6.04 Å². The van der Waals surface area contributed by atoms with E-state index in [2.05, 4.69) is 40.2 Å². The minimum absolute atomic E-state index is 0.0855. The Morgan fingerprint density at radius 3 is 2.37 bits per heavy atom. The predicted octanol–water partition coefficient (Wildman–Crippen LogP) is 3.18. The summed E-state index contributed by atoms with van der Waals surface area (Å²) in [5, 5.41) is 23.5. The highest BCUT2D eigenvalue weighted by molar-refractivity contribution is 5.88. The van der Waals surface area contributed by atoms with Crippen LogP contribution in [0.15, 0.2) is 72.8 Å². The molecule has 1 aliphatic heterocycles. The monoisotopic (exact) mass is 629 g/mol. The van der Waals surface area contributed by atoms with Gasteiger partial charge in [-0.1, -0.05) is 72.8 Å². The molecule has 9 nitrogen and oxygen atoms in total. The molecule has 1 aliphatic rings. The molecule has 6 N–H and O–H groups in total. The number of amides is 3. The van der Waals surface area contributed by atoms with Gasteiger partial charge in [-0.05, 0) is 86.4 Å². The smallest absolute Gasteiger partial charge is 0.244 e. The maximum atomic E-state index is 13.9. The summed E-state index contributed by atoms with van der Waals surface area (Å²) in [7, 11) is 3.36. The zero-order valence-corrected chi connectivity index (χ0v) is 27.3. The van der Waals surface area contributed by atoms with Crippen molar-refractivity contribution < 1.29 is 19.5 Å². The van der Waals surface area contributed by atoms with E-state index in [1.165, 1.54) is 4.90 Å². The molecule has 0 aliphatic carbocycles. The summed E-state index contributed by atoms with van der Waals surface area (Å²) >= 11 is 0. The van der Waals surface area contributed by atoms with E-state index < -0.39 is 24.1 Å². The molecule has 3 aromatic carbocycles. The summed E-state index contributed by atoms with van der Waals surface area (Å²) < 4.78 is 0. The minimum atomic E-state index is -1.01. The number of likely N-dealkylation sites (N-methyl/N-ethyl adjacent to an activating group) is 1. The van der Waals surface area contributed by atoms with E-state index in [9.17, 15) is 19.5 Å². The number of hydrogen-bond donors (Lipinski definition) is 5. The van der Waals surface area contributed by atoms with E-state index in [0.717, 1.165) is 47.7 Å². The lowest BCUT2D eigenvalue weighted by molar-refractivity contribution is -0.136. The first kappa shape index (κ1) is 35.1. The van der Waals surface area contributed by atoms with Crippen LogP contribution in [0.2, 0.25) is 0 Å². The standard InChI is InChI=1S/C37H51N5O4/c1-42(2)37(46)32(16-8-9-19-38)40-36(45)31(21-26-11-4-3-5-12-26)24-34(43)33(41-35(44)30-15-10-20-39-25-30)23-27-17-18-28-13-6-7-14-29(28)22-27/h3-7,11-14,17-18,22,30-34,39,43H,8-10,15-16,19-21,23-25,38H2,1-2H3,(H,40,45)(H,41,44). The fraction of sp³-hybridized carbons (Fsp3) is 0.486. The average molecular weight is 630 g/mol. The molecule has 9 heteroatoms. The Balaban J connectivity index is 1.57. The van der Waals surface area contributed by atoms with Crippen molar-refractivity contribution in [2.75, 3.05) is 33.7 Å². The molecule has 5 unspecified atom stereocenters. The van der Waals surface area contributed by atoms with Crippen LogP contribution in [0, 0.1) is 11.8 Å². The molecule has 0 spiro atoms. The maximum Gasteiger partial charge on any atom is 0.244 e. The molecule has 0 aromatic heterocycles. The van der Waals surface area contributed by atoms with Crippen molar-refractivity contribution in [3.05, 3.63) is 83.9 Å². The average Bonchev–Trinajstić information content (AvgIpc) is 3.07. The molecule has 0 bridgehead atoms. The van der Waals surface area contributed by atoms with E-state index in [-0.39, 0.29) is 30.1 Å². The molecule has 1 saturated heterocycles. The van der Waals surface area contributed by atoms with Gasteiger partial charge in [0.25, 0.3) is 0 Å². The fourth-order valence-electron chi connectivity index (χ4n) is 6.27. The van der Waals surface area contributed by atoms with Crippen LogP contribution in [0.5, 0.6) is 0 Å². The molecule has 3 amide bonds. The number of carbonyl (C=O) groups excluding carboxylic acids is 3. The Morgan fingerprint density at radius 1 is 0.935 bits per heavy atom. The van der Waals surface area contributed by atoms with Gasteiger partial charge in [0.15, 0.2) is 0 Å². The Labute approximate surface area is 273 Å². The number of unbranched alkanes of at least 4 members (excludes halogenated alkanes) is 1. The molecule has 3 aromatic rings. The lowest BCUT2D eigenvalue weighted by Crippen LogP contribution is -2.52. The highest BCUT2D eigenvalue weighted by Crippen LogP contribution is 2.22. The first-order chi connectivity index (χ1) is 22.2. The predicted molar refractivity (Wildman–Crippen MR) is 183 cm³/mol. The molecule has 4 rings (SSSR count). The van der Waals surface area contributed by atoms with E-state index in [1.54, 1.807) is 14.1 Å². The second-order valence-corrected chi connectivity index (χ2v) is 12.8. The van der Waals surface area contributed by atoms with Gasteiger partial charge in [0.05, 0.1) is 18.1 Å². The zero-order valence-electron chi connectivity index (χ0n) is 27.3. The van der Waals surface area contributed by atoms with E-state index in [0.29, 0.717) is 38.8 Å². The molecule has 248 valence electrons. The largest absolute Gasteiger partial charge is 0.391 e. The number of nitrogens with zero attached hydrogens (tertiary/aromatic N) is 1. The lowest BCUT2D eigenvalue weighted by atomic mass is 9.87. The second-order valence-electron chi connectivity index (χ2n) is 12.8. The second kappa shape index (κ2) is 17.8. The Morgan fingerprint density at radius 2 is 1.67 bits per heavy atom. The summed E-state index contributed by atoms with van der Waals surface area (Å²) in [4.78, 5) is 41.9. The molecule has 1 heterocycles. The van der Waals surface area contributed by atoms with Gasteiger partial charge in [-0.25, -0.2) is 0 Å². The number of fused-ring (bicyclic) bond motifs is 1. The number of nitrogens with two attached hydrogens (primary N) is 1. The van der Waals surface area contributed by atoms with Gasteiger partial charge >= 0.3 is 0 Å². The van der Waals surface area contributed by atoms with Crippen LogP contribution in [0.4, 0.5) is 0 Å². The molecular formula is C37H51N5O4. The van der Waals surface area contributed by atoms with Crippen molar-refractivity contribution in [3.63, 3.8) is 0 Å². The van der Waals surface area contributed by atoms with Crippen LogP contribution in [0.3, 0.4) is 0 Å². The highest BCUT2D eigenvalue weighted by Gasteiger charge is 2.32. The molecule has 1 fully saturated rings. The zero-order chi connectivity index (χ0) is 32.9. The van der Waals surface area contributed by atoms with Crippen LogP contribution < -0.4 is 21.7 Å². The lowest BCUT2D eigenvalue weighted by Gasteiger charge is -2.31. The van der Waals surface area contributed by atoms with Crippen LogP contribution in [-0.4, -0.2) is 79.6 Å². The summed E-state index contributed by atoms with van der Waals surface area (Å²) in [5.41, 5.74) is 7.64. The van der Waals surface area contributed by atoms with Crippen molar-refractivity contribution in [1.82, 2.24) is 20.9 Å². The normalized spacial score (nSPS) is 17.4. The molecule has 0 saturated carbocycles. The van der Waals surface area contributed by atoms with Crippen molar-refractivity contribution >= 4 is 28.5 Å². The van der Waals surface area contributed by atoms with Gasteiger partial charge in [-0.15, -0.1) is 0 Å². The van der Waals surface area contributed by atoms with Crippen molar-refractivity contribution in [1.29, 1.82) is 0 Å². The summed E-state index contributed by atoms with van der Waals surface area (Å²) in [6, 6.07) is 22.7. The van der Waals surface area contributed by atoms with E-state index >= 15 is 0 Å². The van der Waals surface area contributed by atoms with Crippen LogP contribution >= 0.6 is 0 Å². The first-order valence-electron chi connectivity index (χ1n) is 16.7. The van der Waals surface area contributed by atoms with Crippen LogP contribution in [-0.2, 0) is 27.2 Å². The van der Waals surface area contributed by atoms with E-state index in [4.69, 9.17) is 5.73 Å².